The number of thiazole rings is 2. The standard InChI is InChI=1S/C13H11N3S2/c1-8-12(17-6-15-8)10-3-11(5-14-4-10)13-9(2)16-7-18-13/h3-7H,1-2H3. The molecule has 0 aliphatic rings. The van der Waals surface area contributed by atoms with Gasteiger partial charge in [0, 0.05) is 23.5 Å². The van der Waals surface area contributed by atoms with Crippen LogP contribution in [0.5, 0.6) is 0 Å². The van der Waals surface area contributed by atoms with Crippen molar-refractivity contribution in [2.24, 2.45) is 0 Å². The number of rotatable bonds is 2. The van der Waals surface area contributed by atoms with Gasteiger partial charge in [-0.05, 0) is 19.9 Å². The van der Waals surface area contributed by atoms with E-state index < -0.39 is 0 Å². The summed E-state index contributed by atoms with van der Waals surface area (Å²) in [5.41, 5.74) is 8.10. The van der Waals surface area contributed by atoms with Crippen LogP contribution in [0.4, 0.5) is 0 Å². The molecule has 0 saturated carbocycles. The predicted octanol–water partition coefficient (Wildman–Crippen LogP) is 3.95. The molecule has 0 radical (unpaired) electrons. The van der Waals surface area contributed by atoms with Gasteiger partial charge < -0.3 is 0 Å². The molecule has 3 nitrogen and oxygen atoms in total. The largest absolute Gasteiger partial charge is 0.263 e. The van der Waals surface area contributed by atoms with Crippen LogP contribution in [0.3, 0.4) is 0 Å². The molecule has 90 valence electrons. The highest BCUT2D eigenvalue weighted by Crippen LogP contribution is 2.32. The molecule has 0 aliphatic heterocycles. The fourth-order valence-corrected chi connectivity index (χ4v) is 3.42. The maximum absolute atomic E-state index is 4.34. The summed E-state index contributed by atoms with van der Waals surface area (Å²) < 4.78 is 0. The quantitative estimate of drug-likeness (QED) is 0.709. The van der Waals surface area contributed by atoms with E-state index in [0.717, 1.165) is 22.5 Å². The number of aromatic nitrogens is 3. The molecule has 0 fully saturated rings. The van der Waals surface area contributed by atoms with Gasteiger partial charge in [-0.2, -0.15) is 0 Å². The molecule has 0 amide bonds. The van der Waals surface area contributed by atoms with Crippen LogP contribution in [0.2, 0.25) is 0 Å². The van der Waals surface area contributed by atoms with E-state index >= 15 is 0 Å². The number of aryl methyl sites for hydroxylation is 2. The maximum Gasteiger partial charge on any atom is 0.0801 e. The first kappa shape index (κ1) is 11.5. The van der Waals surface area contributed by atoms with Crippen LogP contribution < -0.4 is 0 Å². The van der Waals surface area contributed by atoms with Crippen LogP contribution in [0.25, 0.3) is 20.9 Å². The molecule has 3 aromatic heterocycles. The molecule has 0 aliphatic carbocycles. The van der Waals surface area contributed by atoms with Crippen molar-refractivity contribution in [2.45, 2.75) is 13.8 Å². The second-order valence-corrected chi connectivity index (χ2v) is 5.71. The van der Waals surface area contributed by atoms with Crippen LogP contribution in [-0.2, 0) is 0 Å². The molecule has 0 atom stereocenters. The monoisotopic (exact) mass is 273 g/mol. The van der Waals surface area contributed by atoms with Crippen molar-refractivity contribution < 1.29 is 0 Å². The Hall–Kier alpha value is -1.59. The Morgan fingerprint density at radius 3 is 1.72 bits per heavy atom. The summed E-state index contributed by atoms with van der Waals surface area (Å²) in [6.45, 7) is 4.05. The predicted molar refractivity (Wildman–Crippen MR) is 75.9 cm³/mol. The Morgan fingerprint density at radius 2 is 1.33 bits per heavy atom. The van der Waals surface area contributed by atoms with Gasteiger partial charge in [0.25, 0.3) is 0 Å². The van der Waals surface area contributed by atoms with Gasteiger partial charge >= 0.3 is 0 Å². The first-order chi connectivity index (χ1) is 8.75. The Bertz CT molecular complexity index is 629. The fourth-order valence-electron chi connectivity index (χ4n) is 1.85. The molecule has 3 aromatic rings. The van der Waals surface area contributed by atoms with Crippen molar-refractivity contribution in [1.82, 2.24) is 15.0 Å². The van der Waals surface area contributed by atoms with Gasteiger partial charge in [0.1, 0.15) is 0 Å². The lowest BCUT2D eigenvalue weighted by molar-refractivity contribution is 1.25. The van der Waals surface area contributed by atoms with Gasteiger partial charge in [0.15, 0.2) is 0 Å². The molecule has 3 heterocycles. The van der Waals surface area contributed by atoms with E-state index in [9.17, 15) is 0 Å². The number of hydrogen-bond acceptors (Lipinski definition) is 5. The second kappa shape index (κ2) is 4.59. The van der Waals surface area contributed by atoms with Crippen molar-refractivity contribution in [1.29, 1.82) is 0 Å². The molecule has 0 spiro atoms. The minimum absolute atomic E-state index is 1.06. The Balaban J connectivity index is 2.11. The van der Waals surface area contributed by atoms with Gasteiger partial charge in [-0.25, -0.2) is 9.97 Å². The van der Waals surface area contributed by atoms with E-state index in [-0.39, 0.29) is 0 Å². The summed E-state index contributed by atoms with van der Waals surface area (Å²) in [6, 6.07) is 2.16. The number of hydrogen-bond donors (Lipinski definition) is 0. The highest BCUT2D eigenvalue weighted by atomic mass is 32.1. The molecule has 0 N–H and O–H groups in total. The smallest absolute Gasteiger partial charge is 0.0801 e. The van der Waals surface area contributed by atoms with E-state index in [4.69, 9.17) is 0 Å². The summed E-state index contributed by atoms with van der Waals surface area (Å²) in [6.07, 6.45) is 3.78. The highest BCUT2D eigenvalue weighted by molar-refractivity contribution is 7.13. The third kappa shape index (κ3) is 1.95. The third-order valence-electron chi connectivity index (χ3n) is 2.75. The zero-order chi connectivity index (χ0) is 12.5. The lowest BCUT2D eigenvalue weighted by Crippen LogP contribution is -1.84. The lowest BCUT2D eigenvalue weighted by Gasteiger charge is -2.02. The summed E-state index contributed by atoms with van der Waals surface area (Å²) >= 11 is 3.30. The summed E-state index contributed by atoms with van der Waals surface area (Å²) in [5.74, 6) is 0. The van der Waals surface area contributed by atoms with Crippen LogP contribution in [0.15, 0.2) is 29.5 Å². The SMILES string of the molecule is Cc1ncsc1-c1cncc(-c2scnc2C)c1. The summed E-state index contributed by atoms with van der Waals surface area (Å²) in [5, 5.41) is 0. The normalized spacial score (nSPS) is 10.8. The van der Waals surface area contributed by atoms with Crippen molar-refractivity contribution in [2.75, 3.05) is 0 Å². The lowest BCUT2D eigenvalue weighted by atomic mass is 10.1. The van der Waals surface area contributed by atoms with E-state index in [2.05, 4.69) is 21.0 Å². The zero-order valence-corrected chi connectivity index (χ0v) is 11.7. The van der Waals surface area contributed by atoms with Gasteiger partial charge in [0.05, 0.1) is 32.2 Å². The average molecular weight is 273 g/mol. The Morgan fingerprint density at radius 1 is 0.833 bits per heavy atom. The van der Waals surface area contributed by atoms with E-state index in [0.29, 0.717) is 0 Å². The molecule has 0 aromatic carbocycles. The molecular formula is C13H11N3S2. The van der Waals surface area contributed by atoms with Crippen LogP contribution >= 0.6 is 22.7 Å². The Labute approximate surface area is 113 Å². The Kier molecular flexibility index (Phi) is 2.93. The molecule has 18 heavy (non-hydrogen) atoms. The summed E-state index contributed by atoms with van der Waals surface area (Å²) in [7, 11) is 0. The second-order valence-electron chi connectivity index (χ2n) is 4.00. The topological polar surface area (TPSA) is 38.7 Å². The van der Waals surface area contributed by atoms with Crippen LogP contribution in [-0.4, -0.2) is 15.0 Å². The highest BCUT2D eigenvalue weighted by Gasteiger charge is 2.09. The van der Waals surface area contributed by atoms with E-state index in [1.165, 1.54) is 9.75 Å². The molecule has 3 rings (SSSR count). The molecule has 0 saturated heterocycles. The van der Waals surface area contributed by atoms with Gasteiger partial charge in [0.2, 0.25) is 0 Å². The van der Waals surface area contributed by atoms with E-state index in [1.807, 2.05) is 37.3 Å². The number of nitrogens with zero attached hydrogens (tertiary/aromatic N) is 3. The fraction of sp³-hybridized carbons (Fsp3) is 0.154. The molecule has 5 heteroatoms. The van der Waals surface area contributed by atoms with Crippen LogP contribution in [0.1, 0.15) is 11.4 Å². The third-order valence-corrected chi connectivity index (χ3v) is 4.71. The van der Waals surface area contributed by atoms with Crippen molar-refractivity contribution >= 4 is 22.7 Å². The molecule has 0 unspecified atom stereocenters. The summed E-state index contributed by atoms with van der Waals surface area (Å²) in [4.78, 5) is 15.3. The number of pyridine rings is 1. The van der Waals surface area contributed by atoms with Crippen molar-refractivity contribution in [3.05, 3.63) is 40.9 Å². The first-order valence-electron chi connectivity index (χ1n) is 5.51. The minimum Gasteiger partial charge on any atom is -0.263 e. The van der Waals surface area contributed by atoms with E-state index in [1.54, 1.807) is 22.7 Å². The maximum atomic E-state index is 4.34. The van der Waals surface area contributed by atoms with Crippen molar-refractivity contribution in [3.63, 3.8) is 0 Å². The molecule has 0 bridgehead atoms. The van der Waals surface area contributed by atoms with Crippen LogP contribution in [0, 0.1) is 13.8 Å². The van der Waals surface area contributed by atoms with Gasteiger partial charge in [-0.1, -0.05) is 0 Å². The van der Waals surface area contributed by atoms with Crippen molar-refractivity contribution in [3.8, 4) is 20.9 Å². The average Bonchev–Trinajstić information content (AvgIpc) is 2.98. The van der Waals surface area contributed by atoms with Gasteiger partial charge in [-0.3, -0.25) is 4.98 Å². The zero-order valence-electron chi connectivity index (χ0n) is 10.0. The van der Waals surface area contributed by atoms with Gasteiger partial charge in [-0.15, -0.1) is 22.7 Å². The molecular weight excluding hydrogens is 262 g/mol. The minimum atomic E-state index is 1.06. The first-order valence-corrected chi connectivity index (χ1v) is 7.27.